The number of carbonyl (C=O) groups is 1. The molecule has 0 aliphatic carbocycles. The van der Waals surface area contributed by atoms with Crippen molar-refractivity contribution in [3.8, 4) is 10.6 Å². The highest BCUT2D eigenvalue weighted by atomic mass is 32.1. The maximum atomic E-state index is 12.2. The average Bonchev–Trinajstić information content (AvgIpc) is 3.00. The third-order valence-electron chi connectivity index (χ3n) is 2.89. The molecule has 0 spiro atoms. The Morgan fingerprint density at radius 3 is 2.81 bits per heavy atom. The van der Waals surface area contributed by atoms with Crippen molar-refractivity contribution in [1.82, 2.24) is 4.98 Å². The smallest absolute Gasteiger partial charge is 0.342 e. The molecule has 6 heteroatoms. The van der Waals surface area contributed by atoms with Crippen molar-refractivity contribution < 1.29 is 9.53 Å². The van der Waals surface area contributed by atoms with Gasteiger partial charge in [-0.3, -0.25) is 0 Å². The van der Waals surface area contributed by atoms with Crippen molar-refractivity contribution in [1.29, 1.82) is 0 Å². The molecule has 0 saturated heterocycles. The predicted octanol–water partition coefficient (Wildman–Crippen LogP) is 4.17. The number of benzene rings is 1. The summed E-state index contributed by atoms with van der Waals surface area (Å²) in [5.41, 5.74) is 8.04. The van der Waals surface area contributed by atoms with Gasteiger partial charge in [0, 0.05) is 10.9 Å². The first-order chi connectivity index (χ1) is 10.1. The lowest BCUT2D eigenvalue weighted by atomic mass is 10.2. The van der Waals surface area contributed by atoms with Gasteiger partial charge in [0.25, 0.3) is 0 Å². The van der Waals surface area contributed by atoms with Crippen LogP contribution in [-0.4, -0.2) is 17.1 Å². The van der Waals surface area contributed by atoms with E-state index < -0.39 is 5.97 Å². The highest BCUT2D eigenvalue weighted by Gasteiger charge is 2.22. The predicted molar refractivity (Wildman–Crippen MR) is 87.9 cm³/mol. The molecule has 21 heavy (non-hydrogen) atoms. The fourth-order valence-corrected chi connectivity index (χ4v) is 3.85. The number of anilines is 1. The molecule has 3 rings (SSSR count). The molecule has 0 aliphatic heterocycles. The molecule has 0 saturated carbocycles. The Bertz CT molecular complexity index is 772. The molecule has 2 heterocycles. The van der Waals surface area contributed by atoms with Gasteiger partial charge in [0.1, 0.15) is 15.6 Å². The van der Waals surface area contributed by atoms with Gasteiger partial charge < -0.3 is 10.5 Å². The van der Waals surface area contributed by atoms with E-state index in [0.717, 1.165) is 20.8 Å². The maximum absolute atomic E-state index is 12.2. The molecule has 4 nitrogen and oxygen atoms in total. The average molecular weight is 318 g/mol. The fraction of sp³-hybridized carbons (Fsp3) is 0.200. The summed E-state index contributed by atoms with van der Waals surface area (Å²) in [6.45, 7) is 3.63. The molecule has 108 valence electrons. The molecule has 1 aromatic carbocycles. The molecular weight excluding hydrogens is 304 g/mol. The molecule has 0 atom stereocenters. The summed E-state index contributed by atoms with van der Waals surface area (Å²) in [5, 5.41) is 3.12. The molecule has 2 N–H and O–H groups in total. The number of aromatic nitrogens is 1. The number of carbonyl (C=O) groups excluding carboxylic acids is 1. The summed E-state index contributed by atoms with van der Waals surface area (Å²) >= 11 is 2.88. The van der Waals surface area contributed by atoms with Gasteiger partial charge in [-0.05, 0) is 26.0 Å². The number of hydrogen-bond acceptors (Lipinski definition) is 6. The first-order valence-electron chi connectivity index (χ1n) is 6.50. The van der Waals surface area contributed by atoms with Crippen LogP contribution in [0.15, 0.2) is 29.6 Å². The molecule has 3 aromatic rings. The Hall–Kier alpha value is -1.92. The van der Waals surface area contributed by atoms with Crippen molar-refractivity contribution in [3.63, 3.8) is 0 Å². The second kappa shape index (κ2) is 5.46. The number of fused-ring (bicyclic) bond motifs is 1. The minimum atomic E-state index is -0.391. The van der Waals surface area contributed by atoms with E-state index >= 15 is 0 Å². The number of thiophene rings is 1. The highest BCUT2D eigenvalue weighted by Crippen LogP contribution is 2.38. The molecular formula is C15H14N2O2S2. The minimum Gasteiger partial charge on any atom is -0.459 e. The van der Waals surface area contributed by atoms with E-state index in [1.807, 2.05) is 43.5 Å². The van der Waals surface area contributed by atoms with E-state index in [-0.39, 0.29) is 6.10 Å². The number of nitrogens with two attached hydrogens (primary N) is 1. The van der Waals surface area contributed by atoms with Gasteiger partial charge in [0.05, 0.1) is 16.3 Å². The number of nitrogens with zero attached hydrogens (tertiary/aromatic N) is 1. The number of esters is 1. The third-order valence-corrected chi connectivity index (χ3v) is 4.77. The van der Waals surface area contributed by atoms with E-state index in [1.54, 1.807) is 11.3 Å². The van der Waals surface area contributed by atoms with Crippen LogP contribution in [0.5, 0.6) is 0 Å². The largest absolute Gasteiger partial charge is 0.459 e. The zero-order valence-electron chi connectivity index (χ0n) is 11.6. The summed E-state index contributed by atoms with van der Waals surface area (Å²) in [7, 11) is 0. The monoisotopic (exact) mass is 318 g/mol. The molecule has 0 bridgehead atoms. The zero-order valence-corrected chi connectivity index (χ0v) is 13.3. The Morgan fingerprint density at radius 1 is 1.33 bits per heavy atom. The number of hydrogen-bond donors (Lipinski definition) is 1. The summed E-state index contributed by atoms with van der Waals surface area (Å²) in [5.74, 6) is -0.391. The fourth-order valence-electron chi connectivity index (χ4n) is 2.00. The standard InChI is InChI=1S/C15H14N2O2S2/c1-8(2)19-15(18)12-9(7-20-13(12)16)14-17-10-5-3-4-6-11(10)21-14/h3-8H,16H2,1-2H3. The van der Waals surface area contributed by atoms with E-state index in [4.69, 9.17) is 10.5 Å². The van der Waals surface area contributed by atoms with Gasteiger partial charge in [-0.1, -0.05) is 12.1 Å². The third kappa shape index (κ3) is 2.64. The summed E-state index contributed by atoms with van der Waals surface area (Å²) in [6.07, 6.45) is -0.181. The first-order valence-corrected chi connectivity index (χ1v) is 8.19. The molecule has 0 radical (unpaired) electrons. The van der Waals surface area contributed by atoms with Crippen molar-refractivity contribution in [2.24, 2.45) is 0 Å². The van der Waals surface area contributed by atoms with E-state index in [0.29, 0.717) is 10.6 Å². The van der Waals surface area contributed by atoms with Crippen molar-refractivity contribution in [2.45, 2.75) is 20.0 Å². The summed E-state index contributed by atoms with van der Waals surface area (Å²) in [6, 6.07) is 7.89. The van der Waals surface area contributed by atoms with Gasteiger partial charge in [-0.25, -0.2) is 9.78 Å². The van der Waals surface area contributed by atoms with Gasteiger partial charge >= 0.3 is 5.97 Å². The Labute approximate surface area is 130 Å². The molecule has 0 fully saturated rings. The van der Waals surface area contributed by atoms with Crippen LogP contribution in [0.25, 0.3) is 20.8 Å². The Morgan fingerprint density at radius 2 is 2.10 bits per heavy atom. The number of para-hydroxylation sites is 1. The normalized spacial score (nSPS) is 11.2. The molecule has 2 aromatic heterocycles. The van der Waals surface area contributed by atoms with Crippen LogP contribution in [-0.2, 0) is 4.74 Å². The van der Waals surface area contributed by atoms with Gasteiger partial charge in [-0.15, -0.1) is 22.7 Å². The van der Waals surface area contributed by atoms with Crippen molar-refractivity contribution in [3.05, 3.63) is 35.2 Å². The number of rotatable bonds is 3. The summed E-state index contributed by atoms with van der Waals surface area (Å²) in [4.78, 5) is 16.8. The summed E-state index contributed by atoms with van der Waals surface area (Å²) < 4.78 is 6.36. The van der Waals surface area contributed by atoms with E-state index in [1.165, 1.54) is 11.3 Å². The SMILES string of the molecule is CC(C)OC(=O)c1c(-c2nc3ccccc3s2)csc1N. The van der Waals surface area contributed by atoms with Gasteiger partial charge in [0.15, 0.2) is 0 Å². The number of ether oxygens (including phenoxy) is 1. The number of thiazole rings is 1. The van der Waals surface area contributed by atoms with Crippen LogP contribution >= 0.6 is 22.7 Å². The maximum Gasteiger partial charge on any atom is 0.342 e. The second-order valence-electron chi connectivity index (χ2n) is 4.83. The van der Waals surface area contributed by atoms with Crippen molar-refractivity contribution in [2.75, 3.05) is 5.73 Å². The van der Waals surface area contributed by atoms with Crippen LogP contribution in [0.4, 0.5) is 5.00 Å². The highest BCUT2D eigenvalue weighted by molar-refractivity contribution is 7.22. The van der Waals surface area contributed by atoms with Crippen LogP contribution in [0.1, 0.15) is 24.2 Å². The minimum absolute atomic E-state index is 0.181. The quantitative estimate of drug-likeness (QED) is 0.736. The van der Waals surface area contributed by atoms with Crippen molar-refractivity contribution >= 4 is 43.9 Å². The molecule has 0 unspecified atom stereocenters. The molecule has 0 amide bonds. The van der Waals surface area contributed by atoms with Crippen LogP contribution in [0.3, 0.4) is 0 Å². The van der Waals surface area contributed by atoms with Crippen LogP contribution < -0.4 is 5.73 Å². The van der Waals surface area contributed by atoms with E-state index in [9.17, 15) is 4.79 Å². The van der Waals surface area contributed by atoms with Crippen LogP contribution in [0, 0.1) is 0 Å². The van der Waals surface area contributed by atoms with Gasteiger partial charge in [0.2, 0.25) is 0 Å². The lowest BCUT2D eigenvalue weighted by Gasteiger charge is -2.08. The topological polar surface area (TPSA) is 65.2 Å². The lowest BCUT2D eigenvalue weighted by molar-refractivity contribution is 0.0380. The zero-order chi connectivity index (χ0) is 15.0. The van der Waals surface area contributed by atoms with Crippen LogP contribution in [0.2, 0.25) is 0 Å². The van der Waals surface area contributed by atoms with Gasteiger partial charge in [-0.2, -0.15) is 0 Å². The molecule has 0 aliphatic rings. The lowest BCUT2D eigenvalue weighted by Crippen LogP contribution is -2.13. The second-order valence-corrected chi connectivity index (χ2v) is 6.77. The van der Waals surface area contributed by atoms with E-state index in [2.05, 4.69) is 4.98 Å². The Kier molecular flexibility index (Phi) is 3.65. The number of nitrogen functional groups attached to an aromatic ring is 1. The Balaban J connectivity index is 2.08. The first kappa shape index (κ1) is 14.0.